The number of hydrogen-bond acceptors (Lipinski definition) is 2. The van der Waals surface area contributed by atoms with E-state index < -0.39 is 10.7 Å². The van der Waals surface area contributed by atoms with Gasteiger partial charge in [0.25, 0.3) is 5.69 Å². The molecular formula is C7H4BrFNO2. The van der Waals surface area contributed by atoms with E-state index in [1.165, 1.54) is 0 Å². The number of hydrogen-bond donors (Lipinski definition) is 0. The van der Waals surface area contributed by atoms with Gasteiger partial charge in [-0.3, -0.25) is 10.1 Å². The van der Waals surface area contributed by atoms with E-state index in [0.29, 0.717) is 0 Å². The highest BCUT2D eigenvalue weighted by Crippen LogP contribution is 2.27. The molecule has 0 aliphatic rings. The first-order valence-corrected chi connectivity index (χ1v) is 3.77. The Labute approximate surface area is 76.5 Å². The van der Waals surface area contributed by atoms with Crippen molar-refractivity contribution in [3.63, 3.8) is 0 Å². The zero-order valence-electron chi connectivity index (χ0n) is 5.88. The fraction of sp³-hybridized carbons (Fsp3) is 0. The minimum absolute atomic E-state index is 0.0184. The van der Waals surface area contributed by atoms with E-state index in [2.05, 4.69) is 22.9 Å². The Hall–Kier alpha value is -0.970. The predicted octanol–water partition coefficient (Wildman–Crippen LogP) is 2.68. The molecule has 0 spiro atoms. The fourth-order valence-corrected chi connectivity index (χ4v) is 1.18. The van der Waals surface area contributed by atoms with Crippen LogP contribution in [-0.2, 0) is 0 Å². The number of rotatable bonds is 1. The highest BCUT2D eigenvalue weighted by molar-refractivity contribution is 9.10. The van der Waals surface area contributed by atoms with Crippen LogP contribution in [0.3, 0.4) is 0 Å². The molecular weight excluding hydrogens is 229 g/mol. The second kappa shape index (κ2) is 3.18. The Balaban J connectivity index is 3.33. The first-order chi connectivity index (χ1) is 5.52. The van der Waals surface area contributed by atoms with E-state index in [-0.39, 0.29) is 15.7 Å². The summed E-state index contributed by atoms with van der Waals surface area (Å²) in [6, 6.07) is 2.11. The summed E-state index contributed by atoms with van der Waals surface area (Å²) in [5.41, 5.74) is -0.161. The third-order valence-electron chi connectivity index (χ3n) is 1.31. The van der Waals surface area contributed by atoms with Crippen LogP contribution in [-0.4, -0.2) is 4.92 Å². The summed E-state index contributed by atoms with van der Waals surface area (Å²) in [6.07, 6.45) is 0. The Morgan fingerprint density at radius 3 is 2.67 bits per heavy atom. The van der Waals surface area contributed by atoms with E-state index in [4.69, 9.17) is 0 Å². The molecule has 1 radical (unpaired) electrons. The van der Waals surface area contributed by atoms with Gasteiger partial charge >= 0.3 is 0 Å². The first kappa shape index (κ1) is 9.12. The van der Waals surface area contributed by atoms with Crippen molar-refractivity contribution in [3.05, 3.63) is 45.0 Å². The molecule has 0 atom stereocenters. The summed E-state index contributed by atoms with van der Waals surface area (Å²) in [6.45, 7) is 3.30. The Bertz CT molecular complexity index is 340. The quantitative estimate of drug-likeness (QED) is 0.552. The van der Waals surface area contributed by atoms with Crippen molar-refractivity contribution in [2.45, 2.75) is 0 Å². The average Bonchev–Trinajstić information content (AvgIpc) is 1.96. The summed E-state index contributed by atoms with van der Waals surface area (Å²) in [4.78, 5) is 9.71. The summed E-state index contributed by atoms with van der Waals surface area (Å²) in [5, 5.41) is 10.3. The molecule has 0 heterocycles. The monoisotopic (exact) mass is 232 g/mol. The lowest BCUT2D eigenvalue weighted by Gasteiger charge is -1.98. The molecule has 0 aliphatic heterocycles. The van der Waals surface area contributed by atoms with Crippen LogP contribution in [0.4, 0.5) is 10.1 Å². The second-order valence-corrected chi connectivity index (χ2v) is 3.01. The number of nitro benzene ring substituents is 1. The van der Waals surface area contributed by atoms with Crippen molar-refractivity contribution in [1.29, 1.82) is 0 Å². The molecule has 0 amide bonds. The highest BCUT2D eigenvalue weighted by atomic mass is 79.9. The molecule has 0 aliphatic carbocycles. The molecule has 0 aromatic heterocycles. The second-order valence-electron chi connectivity index (χ2n) is 2.15. The summed E-state index contributed by atoms with van der Waals surface area (Å²) in [5.74, 6) is -0.563. The standard InChI is InChI=1S/C7H4BrFNO2/c1-4-2-7(10(11)12)5(8)3-6(4)9/h2-3H,1H2. The lowest BCUT2D eigenvalue weighted by atomic mass is 10.2. The van der Waals surface area contributed by atoms with Gasteiger partial charge in [0, 0.05) is 6.07 Å². The molecule has 0 unspecified atom stereocenters. The van der Waals surface area contributed by atoms with Gasteiger partial charge in [-0.1, -0.05) is 0 Å². The molecule has 1 aromatic carbocycles. The van der Waals surface area contributed by atoms with Crippen LogP contribution in [0.1, 0.15) is 5.56 Å². The maximum Gasteiger partial charge on any atom is 0.283 e. The van der Waals surface area contributed by atoms with Crippen LogP contribution in [0.2, 0.25) is 0 Å². The van der Waals surface area contributed by atoms with E-state index in [1.54, 1.807) is 0 Å². The number of benzene rings is 1. The van der Waals surface area contributed by atoms with Crippen molar-refractivity contribution >= 4 is 21.6 Å². The van der Waals surface area contributed by atoms with Crippen LogP contribution in [0.15, 0.2) is 16.6 Å². The van der Waals surface area contributed by atoms with E-state index in [1.807, 2.05) is 0 Å². The summed E-state index contributed by atoms with van der Waals surface area (Å²) >= 11 is 2.87. The van der Waals surface area contributed by atoms with Crippen molar-refractivity contribution in [3.8, 4) is 0 Å². The smallest absolute Gasteiger partial charge is 0.258 e. The Morgan fingerprint density at radius 1 is 1.58 bits per heavy atom. The molecule has 1 rings (SSSR count). The normalized spacial score (nSPS) is 9.92. The van der Waals surface area contributed by atoms with Crippen molar-refractivity contribution in [2.75, 3.05) is 0 Å². The van der Waals surface area contributed by atoms with Gasteiger partial charge in [0.15, 0.2) is 0 Å². The molecule has 3 nitrogen and oxygen atoms in total. The van der Waals surface area contributed by atoms with E-state index >= 15 is 0 Å². The van der Waals surface area contributed by atoms with Gasteiger partial charge in [-0.05, 0) is 34.5 Å². The summed E-state index contributed by atoms with van der Waals surface area (Å²) < 4.78 is 12.8. The van der Waals surface area contributed by atoms with Gasteiger partial charge in [0.1, 0.15) is 5.82 Å². The predicted molar refractivity (Wildman–Crippen MR) is 45.2 cm³/mol. The Morgan fingerprint density at radius 2 is 2.17 bits per heavy atom. The molecule has 12 heavy (non-hydrogen) atoms. The van der Waals surface area contributed by atoms with Gasteiger partial charge < -0.3 is 0 Å². The van der Waals surface area contributed by atoms with Crippen LogP contribution in [0.5, 0.6) is 0 Å². The molecule has 0 N–H and O–H groups in total. The van der Waals surface area contributed by atoms with Gasteiger partial charge in [-0.25, -0.2) is 4.39 Å². The van der Waals surface area contributed by atoms with Crippen LogP contribution in [0, 0.1) is 22.9 Å². The topological polar surface area (TPSA) is 43.1 Å². The molecule has 63 valence electrons. The maximum absolute atomic E-state index is 12.7. The van der Waals surface area contributed by atoms with Crippen LogP contribution < -0.4 is 0 Å². The number of halogens is 2. The van der Waals surface area contributed by atoms with Gasteiger partial charge in [-0.2, -0.15) is 0 Å². The molecule has 0 saturated carbocycles. The molecule has 5 heteroatoms. The SMILES string of the molecule is [CH2]c1cc([N+](=O)[O-])c(Br)cc1F. The third kappa shape index (κ3) is 1.61. The first-order valence-electron chi connectivity index (χ1n) is 2.97. The lowest BCUT2D eigenvalue weighted by Crippen LogP contribution is -1.92. The van der Waals surface area contributed by atoms with Gasteiger partial charge in [0.05, 0.1) is 9.40 Å². The maximum atomic E-state index is 12.7. The average molecular weight is 233 g/mol. The third-order valence-corrected chi connectivity index (χ3v) is 1.95. The van der Waals surface area contributed by atoms with Crippen LogP contribution in [0.25, 0.3) is 0 Å². The van der Waals surface area contributed by atoms with E-state index in [9.17, 15) is 14.5 Å². The fourth-order valence-electron chi connectivity index (χ4n) is 0.721. The van der Waals surface area contributed by atoms with Crippen molar-refractivity contribution in [1.82, 2.24) is 0 Å². The van der Waals surface area contributed by atoms with Crippen molar-refractivity contribution < 1.29 is 9.31 Å². The van der Waals surface area contributed by atoms with E-state index in [0.717, 1.165) is 12.1 Å². The van der Waals surface area contributed by atoms with Gasteiger partial charge in [-0.15, -0.1) is 0 Å². The zero-order valence-corrected chi connectivity index (χ0v) is 7.47. The van der Waals surface area contributed by atoms with Crippen LogP contribution >= 0.6 is 15.9 Å². The zero-order chi connectivity index (χ0) is 9.30. The minimum atomic E-state index is -0.599. The highest BCUT2D eigenvalue weighted by Gasteiger charge is 2.13. The Kier molecular flexibility index (Phi) is 2.42. The minimum Gasteiger partial charge on any atom is -0.258 e. The van der Waals surface area contributed by atoms with Crippen molar-refractivity contribution in [2.24, 2.45) is 0 Å². The molecule has 0 fully saturated rings. The molecule has 0 bridgehead atoms. The van der Waals surface area contributed by atoms with Gasteiger partial charge in [0.2, 0.25) is 0 Å². The number of nitrogens with zero attached hydrogens (tertiary/aromatic N) is 1. The largest absolute Gasteiger partial charge is 0.283 e. The molecule has 0 saturated heterocycles. The number of nitro groups is 1. The lowest BCUT2D eigenvalue weighted by molar-refractivity contribution is -0.385. The summed E-state index contributed by atoms with van der Waals surface area (Å²) in [7, 11) is 0. The molecule has 1 aromatic rings.